The number of hydrogen-bond donors (Lipinski definition) is 0. The van der Waals surface area contributed by atoms with E-state index >= 15 is 0 Å². The maximum absolute atomic E-state index is 12.2. The highest BCUT2D eigenvalue weighted by atomic mass is 16.5. The maximum atomic E-state index is 12.2. The van der Waals surface area contributed by atoms with Gasteiger partial charge in [0.25, 0.3) is 0 Å². The van der Waals surface area contributed by atoms with Gasteiger partial charge in [-0.3, -0.25) is 4.79 Å². The van der Waals surface area contributed by atoms with Crippen molar-refractivity contribution in [3.05, 3.63) is 36.5 Å². The summed E-state index contributed by atoms with van der Waals surface area (Å²) in [4.78, 5) is 12.2. The first kappa shape index (κ1) is 12.2. The summed E-state index contributed by atoms with van der Waals surface area (Å²) >= 11 is 0. The van der Waals surface area contributed by atoms with Gasteiger partial charge in [0.1, 0.15) is 0 Å². The molecule has 0 saturated heterocycles. The summed E-state index contributed by atoms with van der Waals surface area (Å²) in [7, 11) is 1.50. The molecular formula is C15H20O2. The molecule has 0 spiro atoms. The molecule has 0 N–H and O–H groups in total. The Balaban J connectivity index is 2.29. The van der Waals surface area contributed by atoms with Crippen molar-refractivity contribution in [3.8, 4) is 0 Å². The van der Waals surface area contributed by atoms with Crippen molar-refractivity contribution in [3.63, 3.8) is 0 Å². The van der Waals surface area contributed by atoms with E-state index in [1.54, 1.807) is 0 Å². The number of methoxy groups -OCH3 is 1. The Morgan fingerprint density at radius 2 is 1.65 bits per heavy atom. The number of ether oxygens (including phenoxy) is 1. The van der Waals surface area contributed by atoms with E-state index in [9.17, 15) is 4.79 Å². The molecule has 0 radical (unpaired) electrons. The fourth-order valence-corrected chi connectivity index (χ4v) is 2.99. The molecule has 2 aliphatic carbocycles. The molecule has 2 aliphatic rings. The van der Waals surface area contributed by atoms with E-state index in [2.05, 4.69) is 12.2 Å². The Labute approximate surface area is 103 Å². The maximum Gasteiger partial charge on any atom is 0.312 e. The van der Waals surface area contributed by atoms with Crippen LogP contribution in [0, 0.1) is 11.3 Å². The predicted molar refractivity (Wildman–Crippen MR) is 68.4 cm³/mol. The highest BCUT2D eigenvalue weighted by molar-refractivity contribution is 5.78. The molecule has 17 heavy (non-hydrogen) atoms. The van der Waals surface area contributed by atoms with E-state index in [1.807, 2.05) is 24.3 Å². The minimum absolute atomic E-state index is 0.0431. The Morgan fingerprint density at radius 3 is 2.18 bits per heavy atom. The van der Waals surface area contributed by atoms with Gasteiger partial charge in [-0.2, -0.15) is 0 Å². The summed E-state index contributed by atoms with van der Waals surface area (Å²) in [6.07, 6.45) is 17.7. The highest BCUT2D eigenvalue weighted by Crippen LogP contribution is 2.45. The van der Waals surface area contributed by atoms with Crippen molar-refractivity contribution in [2.45, 2.75) is 32.1 Å². The third-order valence-corrected chi connectivity index (χ3v) is 3.95. The second-order valence-electron chi connectivity index (χ2n) is 4.89. The first-order valence-corrected chi connectivity index (χ1v) is 6.40. The van der Waals surface area contributed by atoms with Crippen molar-refractivity contribution < 1.29 is 9.53 Å². The smallest absolute Gasteiger partial charge is 0.312 e. The van der Waals surface area contributed by atoms with Crippen LogP contribution in [0.15, 0.2) is 36.5 Å². The lowest BCUT2D eigenvalue weighted by Crippen LogP contribution is -2.40. The van der Waals surface area contributed by atoms with Gasteiger partial charge in [0.05, 0.1) is 12.5 Å². The van der Waals surface area contributed by atoms with Crippen LogP contribution in [-0.2, 0) is 9.53 Å². The molecule has 0 aromatic carbocycles. The first-order chi connectivity index (χ1) is 8.29. The van der Waals surface area contributed by atoms with Crippen molar-refractivity contribution in [2.75, 3.05) is 7.11 Å². The number of esters is 1. The molecule has 0 unspecified atom stereocenters. The lowest BCUT2D eigenvalue weighted by atomic mass is 9.65. The van der Waals surface area contributed by atoms with Gasteiger partial charge in [-0.25, -0.2) is 0 Å². The molecule has 2 heteroatoms. The lowest BCUT2D eigenvalue weighted by molar-refractivity contribution is -0.156. The molecule has 92 valence electrons. The number of allylic oxidation sites excluding steroid dienone is 6. The average molecular weight is 232 g/mol. The monoisotopic (exact) mass is 232 g/mol. The zero-order valence-electron chi connectivity index (χ0n) is 10.4. The number of hydrogen-bond acceptors (Lipinski definition) is 2. The molecular weight excluding hydrogens is 212 g/mol. The van der Waals surface area contributed by atoms with Crippen LogP contribution >= 0.6 is 0 Å². The molecule has 0 amide bonds. The van der Waals surface area contributed by atoms with Crippen LogP contribution in [-0.4, -0.2) is 13.1 Å². The molecule has 0 aromatic rings. The fraction of sp³-hybridized carbons (Fsp3) is 0.533. The standard InChI is InChI=1S/C15H20O2/c1-17-14(16)15(11-7-4-8-12-15)13-9-5-2-3-6-10-13/h2-3,5-6,9-10,13H,4,7-8,11-12H2,1H3. The summed E-state index contributed by atoms with van der Waals surface area (Å²) in [6.45, 7) is 0. The molecule has 0 atom stereocenters. The first-order valence-electron chi connectivity index (χ1n) is 6.40. The molecule has 2 rings (SSSR count). The van der Waals surface area contributed by atoms with Gasteiger partial charge in [-0.1, -0.05) is 55.7 Å². The molecule has 0 heterocycles. The van der Waals surface area contributed by atoms with Crippen LogP contribution in [0.3, 0.4) is 0 Å². The second kappa shape index (κ2) is 5.35. The molecule has 0 bridgehead atoms. The van der Waals surface area contributed by atoms with E-state index < -0.39 is 0 Å². The summed E-state index contributed by atoms with van der Waals surface area (Å²) in [5.74, 6) is 0.128. The van der Waals surface area contributed by atoms with Crippen LogP contribution < -0.4 is 0 Å². The summed E-state index contributed by atoms with van der Waals surface area (Å²) < 4.78 is 5.06. The molecule has 1 fully saturated rings. The van der Waals surface area contributed by atoms with Gasteiger partial charge in [-0.05, 0) is 12.8 Å². The number of carbonyl (C=O) groups excluding carboxylic acids is 1. The topological polar surface area (TPSA) is 26.3 Å². The van der Waals surface area contributed by atoms with Crippen LogP contribution in [0.1, 0.15) is 32.1 Å². The van der Waals surface area contributed by atoms with Crippen molar-refractivity contribution in [2.24, 2.45) is 11.3 Å². The van der Waals surface area contributed by atoms with Gasteiger partial charge in [0.2, 0.25) is 0 Å². The highest BCUT2D eigenvalue weighted by Gasteiger charge is 2.45. The van der Waals surface area contributed by atoms with E-state index in [0.29, 0.717) is 0 Å². The van der Waals surface area contributed by atoms with Crippen LogP contribution in [0.2, 0.25) is 0 Å². The zero-order valence-corrected chi connectivity index (χ0v) is 10.4. The van der Waals surface area contributed by atoms with Gasteiger partial charge < -0.3 is 4.74 Å². The normalized spacial score (nSPS) is 23.4. The van der Waals surface area contributed by atoms with Gasteiger partial charge in [-0.15, -0.1) is 0 Å². The SMILES string of the molecule is COC(=O)C1(C2C=CC=CC=C2)CCCCC1. The Morgan fingerprint density at radius 1 is 1.06 bits per heavy atom. The van der Waals surface area contributed by atoms with E-state index in [0.717, 1.165) is 25.7 Å². The predicted octanol–water partition coefficient (Wildman–Crippen LogP) is 3.41. The van der Waals surface area contributed by atoms with E-state index in [-0.39, 0.29) is 17.3 Å². The molecule has 0 aromatic heterocycles. The van der Waals surface area contributed by atoms with E-state index in [1.165, 1.54) is 13.5 Å². The van der Waals surface area contributed by atoms with Crippen LogP contribution in [0.4, 0.5) is 0 Å². The minimum Gasteiger partial charge on any atom is -0.469 e. The van der Waals surface area contributed by atoms with Gasteiger partial charge in [0, 0.05) is 5.92 Å². The van der Waals surface area contributed by atoms with Gasteiger partial charge >= 0.3 is 5.97 Å². The summed E-state index contributed by atoms with van der Waals surface area (Å²) in [5, 5.41) is 0. The number of carbonyl (C=O) groups is 1. The van der Waals surface area contributed by atoms with Crippen molar-refractivity contribution in [1.29, 1.82) is 0 Å². The third kappa shape index (κ3) is 2.36. The average Bonchev–Trinajstić information content (AvgIpc) is 2.67. The fourth-order valence-electron chi connectivity index (χ4n) is 2.99. The molecule has 1 saturated carbocycles. The van der Waals surface area contributed by atoms with Crippen LogP contribution in [0.5, 0.6) is 0 Å². The summed E-state index contributed by atoms with van der Waals surface area (Å²) in [6, 6.07) is 0. The summed E-state index contributed by atoms with van der Waals surface area (Å²) in [5.41, 5.74) is -0.327. The Bertz CT molecular complexity index is 341. The van der Waals surface area contributed by atoms with E-state index in [4.69, 9.17) is 4.74 Å². The van der Waals surface area contributed by atoms with Crippen molar-refractivity contribution >= 4 is 5.97 Å². The largest absolute Gasteiger partial charge is 0.469 e. The minimum atomic E-state index is -0.327. The van der Waals surface area contributed by atoms with Gasteiger partial charge in [0.15, 0.2) is 0 Å². The molecule has 2 nitrogen and oxygen atoms in total. The third-order valence-electron chi connectivity index (χ3n) is 3.95. The Hall–Kier alpha value is -1.31. The quantitative estimate of drug-likeness (QED) is 0.682. The molecule has 0 aliphatic heterocycles. The van der Waals surface area contributed by atoms with Crippen molar-refractivity contribution in [1.82, 2.24) is 0 Å². The second-order valence-corrected chi connectivity index (χ2v) is 4.89. The Kier molecular flexibility index (Phi) is 3.82. The zero-order chi connectivity index (χ0) is 12.1. The lowest BCUT2D eigenvalue weighted by Gasteiger charge is -2.38. The van der Waals surface area contributed by atoms with Crippen LogP contribution in [0.25, 0.3) is 0 Å². The number of rotatable bonds is 2.